The van der Waals surface area contributed by atoms with E-state index in [-0.39, 0.29) is 17.5 Å². The Kier molecular flexibility index (Phi) is 5.58. The maximum absolute atomic E-state index is 13.5. The molecular weight excluding hydrogens is 388 g/mol. The number of hydrogen-bond donors (Lipinski definition) is 1. The molecule has 156 valence electrons. The van der Waals surface area contributed by atoms with Crippen molar-refractivity contribution in [3.8, 4) is 5.75 Å². The summed E-state index contributed by atoms with van der Waals surface area (Å²) in [6.45, 7) is 6.36. The van der Waals surface area contributed by atoms with Crippen molar-refractivity contribution in [1.29, 1.82) is 0 Å². The minimum Gasteiger partial charge on any atom is -0.494 e. The van der Waals surface area contributed by atoms with E-state index < -0.39 is 0 Å². The van der Waals surface area contributed by atoms with Gasteiger partial charge in [-0.3, -0.25) is 9.59 Å². The second-order valence-corrected chi connectivity index (χ2v) is 7.43. The number of anilines is 2. The lowest BCUT2D eigenvalue weighted by Crippen LogP contribution is -2.32. The number of hydrogen-bond acceptors (Lipinski definition) is 4. The maximum atomic E-state index is 13.5. The van der Waals surface area contributed by atoms with Crippen LogP contribution in [-0.2, 0) is 9.59 Å². The van der Waals surface area contributed by atoms with Gasteiger partial charge in [0.15, 0.2) is 0 Å². The predicted octanol–water partition coefficient (Wildman–Crippen LogP) is 5.10. The van der Waals surface area contributed by atoms with Crippen LogP contribution in [0, 0.1) is 13.8 Å². The van der Waals surface area contributed by atoms with Crippen molar-refractivity contribution in [3.05, 3.63) is 95.2 Å². The van der Waals surface area contributed by atoms with E-state index in [4.69, 9.17) is 4.74 Å². The third-order valence-electron chi connectivity index (χ3n) is 5.20. The van der Waals surface area contributed by atoms with E-state index >= 15 is 0 Å². The summed E-state index contributed by atoms with van der Waals surface area (Å²) in [4.78, 5) is 28.2. The first-order valence-electron chi connectivity index (χ1n) is 10.2. The minimum atomic E-state index is -0.372. The molecule has 4 rings (SSSR count). The summed E-state index contributed by atoms with van der Waals surface area (Å²) < 4.78 is 5.52. The second kappa shape index (κ2) is 8.48. The molecule has 5 heteroatoms. The third kappa shape index (κ3) is 3.94. The molecule has 1 aliphatic heterocycles. The van der Waals surface area contributed by atoms with Gasteiger partial charge in [0, 0.05) is 5.69 Å². The number of amides is 2. The fraction of sp³-hybridized carbons (Fsp3) is 0.154. The van der Waals surface area contributed by atoms with Crippen LogP contribution in [0.15, 0.2) is 78.5 Å². The highest BCUT2D eigenvalue weighted by Gasteiger charge is 2.40. The van der Waals surface area contributed by atoms with Crippen LogP contribution in [0.3, 0.4) is 0 Å². The zero-order valence-corrected chi connectivity index (χ0v) is 17.8. The number of rotatable bonds is 6. The predicted molar refractivity (Wildman–Crippen MR) is 123 cm³/mol. The summed E-state index contributed by atoms with van der Waals surface area (Å²) in [6, 6.07) is 22.3. The molecule has 0 spiro atoms. The zero-order valence-electron chi connectivity index (χ0n) is 17.8. The molecule has 3 aromatic carbocycles. The maximum Gasteiger partial charge on any atom is 0.282 e. The monoisotopic (exact) mass is 412 g/mol. The normalized spacial score (nSPS) is 13.7. The largest absolute Gasteiger partial charge is 0.494 e. The standard InChI is InChI=1S/C26H24N2O3/c1-4-31-21-14-12-19(13-15-21)23-24(27-22-11-6-5-9-18(22)3)26(30)28(25(23)29)20-10-7-8-17(2)16-20/h5-16,27H,4H2,1-3H3. The van der Waals surface area contributed by atoms with Gasteiger partial charge in [0.05, 0.1) is 17.9 Å². The summed E-state index contributed by atoms with van der Waals surface area (Å²) in [5.41, 5.74) is 4.57. The quantitative estimate of drug-likeness (QED) is 0.573. The second-order valence-electron chi connectivity index (χ2n) is 7.43. The van der Waals surface area contributed by atoms with Gasteiger partial charge in [0.25, 0.3) is 11.8 Å². The van der Waals surface area contributed by atoms with Crippen molar-refractivity contribution in [3.63, 3.8) is 0 Å². The SMILES string of the molecule is CCOc1ccc(C2=C(Nc3ccccc3C)C(=O)N(c3cccc(C)c3)C2=O)cc1. The highest BCUT2D eigenvalue weighted by molar-refractivity contribution is 6.46. The topological polar surface area (TPSA) is 58.6 Å². The molecule has 0 bridgehead atoms. The molecule has 1 aliphatic rings. The van der Waals surface area contributed by atoms with Crippen molar-refractivity contribution in [2.75, 3.05) is 16.8 Å². The lowest BCUT2D eigenvalue weighted by Gasteiger charge is -2.16. The molecular formula is C26H24N2O3. The van der Waals surface area contributed by atoms with Gasteiger partial charge in [0.1, 0.15) is 11.4 Å². The van der Waals surface area contributed by atoms with Crippen molar-refractivity contribution >= 4 is 28.8 Å². The fourth-order valence-electron chi connectivity index (χ4n) is 3.65. The molecule has 0 atom stereocenters. The highest BCUT2D eigenvalue weighted by atomic mass is 16.5. The van der Waals surface area contributed by atoms with Gasteiger partial charge in [-0.15, -0.1) is 0 Å². The Hall–Kier alpha value is -3.86. The molecule has 0 unspecified atom stereocenters. The van der Waals surface area contributed by atoms with Gasteiger partial charge in [-0.1, -0.05) is 42.5 Å². The number of carbonyl (C=O) groups is 2. The summed E-state index contributed by atoms with van der Waals surface area (Å²) in [5.74, 6) is -0.00819. The van der Waals surface area contributed by atoms with Gasteiger partial charge in [-0.2, -0.15) is 0 Å². The highest BCUT2D eigenvalue weighted by Crippen LogP contribution is 2.35. The van der Waals surface area contributed by atoms with Crippen LogP contribution in [0.2, 0.25) is 0 Å². The number of nitrogens with zero attached hydrogens (tertiary/aromatic N) is 1. The molecule has 3 aromatic rings. The molecule has 0 saturated heterocycles. The van der Waals surface area contributed by atoms with Gasteiger partial charge in [-0.05, 0) is 67.8 Å². The molecule has 5 nitrogen and oxygen atoms in total. The number of nitrogens with one attached hydrogen (secondary N) is 1. The first-order chi connectivity index (χ1) is 15.0. The molecule has 0 fully saturated rings. The van der Waals surface area contributed by atoms with Crippen LogP contribution < -0.4 is 15.0 Å². The Morgan fingerprint density at radius 2 is 1.61 bits per heavy atom. The summed E-state index contributed by atoms with van der Waals surface area (Å²) in [6.07, 6.45) is 0. The Bertz CT molecular complexity index is 1180. The van der Waals surface area contributed by atoms with E-state index in [0.717, 1.165) is 16.8 Å². The zero-order chi connectivity index (χ0) is 22.0. The summed E-state index contributed by atoms with van der Waals surface area (Å²) >= 11 is 0. The van der Waals surface area contributed by atoms with Crippen LogP contribution in [0.1, 0.15) is 23.6 Å². The lowest BCUT2D eigenvalue weighted by molar-refractivity contribution is -0.120. The van der Waals surface area contributed by atoms with Gasteiger partial charge in [0.2, 0.25) is 0 Å². The van der Waals surface area contributed by atoms with E-state index in [9.17, 15) is 9.59 Å². The molecule has 31 heavy (non-hydrogen) atoms. The first kappa shape index (κ1) is 20.4. The number of aryl methyl sites for hydroxylation is 2. The van der Waals surface area contributed by atoms with E-state index in [1.807, 2.05) is 87.5 Å². The van der Waals surface area contributed by atoms with Crippen LogP contribution in [0.5, 0.6) is 5.75 Å². The first-order valence-corrected chi connectivity index (χ1v) is 10.2. The van der Waals surface area contributed by atoms with Crippen LogP contribution in [-0.4, -0.2) is 18.4 Å². The molecule has 2 amide bonds. The van der Waals surface area contributed by atoms with Gasteiger partial charge < -0.3 is 10.1 Å². The number of benzene rings is 3. The summed E-state index contributed by atoms with van der Waals surface area (Å²) in [7, 11) is 0. The Labute approximate surface area is 182 Å². The van der Waals surface area contributed by atoms with Crippen molar-refractivity contribution in [2.24, 2.45) is 0 Å². The van der Waals surface area contributed by atoms with Crippen LogP contribution in [0.4, 0.5) is 11.4 Å². The molecule has 1 heterocycles. The summed E-state index contributed by atoms with van der Waals surface area (Å²) in [5, 5.41) is 3.23. The smallest absolute Gasteiger partial charge is 0.282 e. The van der Waals surface area contributed by atoms with E-state index in [2.05, 4.69) is 5.32 Å². The van der Waals surface area contributed by atoms with Gasteiger partial charge in [-0.25, -0.2) is 4.90 Å². The number of imide groups is 1. The third-order valence-corrected chi connectivity index (χ3v) is 5.20. The molecule has 0 aliphatic carbocycles. The minimum absolute atomic E-state index is 0.268. The fourth-order valence-corrected chi connectivity index (χ4v) is 3.65. The van der Waals surface area contributed by atoms with Gasteiger partial charge >= 0.3 is 0 Å². The van der Waals surface area contributed by atoms with Crippen molar-refractivity contribution < 1.29 is 14.3 Å². The molecule has 1 N–H and O–H groups in total. The van der Waals surface area contributed by atoms with Crippen LogP contribution in [0.25, 0.3) is 5.57 Å². The Balaban J connectivity index is 1.81. The van der Waals surface area contributed by atoms with Crippen LogP contribution >= 0.6 is 0 Å². The average Bonchev–Trinajstić information content (AvgIpc) is 3.00. The molecule has 0 radical (unpaired) electrons. The van der Waals surface area contributed by atoms with E-state index in [1.165, 1.54) is 4.90 Å². The number of ether oxygens (including phenoxy) is 1. The Morgan fingerprint density at radius 3 is 2.29 bits per heavy atom. The van der Waals surface area contributed by atoms with Crippen molar-refractivity contribution in [1.82, 2.24) is 0 Å². The van der Waals surface area contributed by atoms with E-state index in [0.29, 0.717) is 29.2 Å². The number of para-hydroxylation sites is 1. The van der Waals surface area contributed by atoms with Crippen molar-refractivity contribution in [2.45, 2.75) is 20.8 Å². The molecule has 0 aromatic heterocycles. The lowest BCUT2D eigenvalue weighted by atomic mass is 10.0. The Morgan fingerprint density at radius 1 is 0.871 bits per heavy atom. The number of carbonyl (C=O) groups excluding carboxylic acids is 2. The average molecular weight is 412 g/mol. The van der Waals surface area contributed by atoms with E-state index in [1.54, 1.807) is 6.07 Å². The molecule has 0 saturated carbocycles.